The lowest BCUT2D eigenvalue weighted by atomic mass is 10.1. The molecule has 5 heteroatoms. The Bertz CT molecular complexity index is 705. The molecule has 0 fully saturated rings. The van der Waals surface area contributed by atoms with Gasteiger partial charge in [-0.05, 0) is 38.5 Å². The van der Waals surface area contributed by atoms with E-state index < -0.39 is 0 Å². The lowest BCUT2D eigenvalue weighted by Crippen LogP contribution is -1.99. The molecule has 0 aliphatic carbocycles. The quantitative estimate of drug-likeness (QED) is 0.329. The first-order valence-electron chi connectivity index (χ1n) is 7.78. The Morgan fingerprint density at radius 3 is 2.32 bits per heavy atom. The van der Waals surface area contributed by atoms with Crippen LogP contribution in [0.3, 0.4) is 0 Å². The van der Waals surface area contributed by atoms with Gasteiger partial charge in [0.05, 0.1) is 23.8 Å². The average Bonchev–Trinajstić information content (AvgIpc) is 2.53. The number of esters is 1. The number of hydrogen-bond acceptors (Lipinski definition) is 3. The molecule has 0 spiro atoms. The van der Waals surface area contributed by atoms with Crippen molar-refractivity contribution in [3.63, 3.8) is 0 Å². The lowest BCUT2D eigenvalue weighted by molar-refractivity contribution is -0.137. The summed E-state index contributed by atoms with van der Waals surface area (Å²) in [5.74, 6) is 0.278. The number of methoxy groups -OCH3 is 1. The third-order valence-corrected chi connectivity index (χ3v) is 3.78. The van der Waals surface area contributed by atoms with Gasteiger partial charge in [-0.2, -0.15) is 0 Å². The number of hydrogen-bond donors (Lipinski definition) is 0. The van der Waals surface area contributed by atoms with Crippen LogP contribution in [0.1, 0.15) is 26.3 Å². The van der Waals surface area contributed by atoms with Crippen LogP contribution in [0.5, 0.6) is 5.75 Å². The van der Waals surface area contributed by atoms with Crippen LogP contribution in [0.4, 0.5) is 0 Å². The highest BCUT2D eigenvalue weighted by molar-refractivity contribution is 6.37. The maximum atomic E-state index is 11.3. The fourth-order valence-corrected chi connectivity index (χ4v) is 2.47. The van der Waals surface area contributed by atoms with Crippen LogP contribution in [-0.4, -0.2) is 19.7 Å². The van der Waals surface area contributed by atoms with Crippen LogP contribution in [0.25, 0.3) is 6.08 Å². The predicted octanol–water partition coefficient (Wildman–Crippen LogP) is 6.03. The van der Waals surface area contributed by atoms with Crippen LogP contribution < -0.4 is 4.74 Å². The summed E-state index contributed by atoms with van der Waals surface area (Å²) in [4.78, 5) is 11.3. The molecule has 0 N–H and O–H groups in total. The molecule has 0 aliphatic rings. The summed E-state index contributed by atoms with van der Waals surface area (Å²) in [5, 5.41) is 1.05. The molecule has 3 nitrogen and oxygen atoms in total. The van der Waals surface area contributed by atoms with Gasteiger partial charge >= 0.3 is 5.97 Å². The van der Waals surface area contributed by atoms with Crippen molar-refractivity contribution in [2.24, 2.45) is 0 Å². The van der Waals surface area contributed by atoms with Crippen LogP contribution in [-0.2, 0) is 9.53 Å². The Morgan fingerprint density at radius 2 is 1.76 bits per heavy atom. The Morgan fingerprint density at radius 1 is 1.12 bits per heavy atom. The van der Waals surface area contributed by atoms with Gasteiger partial charge in [0.25, 0.3) is 0 Å². The molecule has 0 bridgehead atoms. The average molecular weight is 381 g/mol. The van der Waals surface area contributed by atoms with Gasteiger partial charge in [0.2, 0.25) is 0 Å². The molecule has 0 aliphatic heterocycles. The minimum absolute atomic E-state index is 0.339. The van der Waals surface area contributed by atoms with Crippen molar-refractivity contribution in [3.8, 4) is 5.75 Å². The number of halogens is 2. The van der Waals surface area contributed by atoms with Gasteiger partial charge in [-0.3, -0.25) is 0 Å². The summed E-state index contributed by atoms with van der Waals surface area (Å²) in [5.41, 5.74) is 2.55. The Kier molecular flexibility index (Phi) is 9.11. The highest BCUT2D eigenvalue weighted by Crippen LogP contribution is 2.31. The van der Waals surface area contributed by atoms with E-state index in [2.05, 4.69) is 0 Å². The zero-order valence-corrected chi connectivity index (χ0v) is 16.3. The summed E-state index contributed by atoms with van der Waals surface area (Å²) < 4.78 is 9.98. The molecule has 134 valence electrons. The minimum Gasteiger partial charge on any atom is -0.497 e. The van der Waals surface area contributed by atoms with E-state index >= 15 is 0 Å². The van der Waals surface area contributed by atoms with Gasteiger partial charge in [0.15, 0.2) is 0 Å². The molecule has 0 heterocycles. The normalized spacial score (nSPS) is 12.9. The fourth-order valence-electron chi connectivity index (χ4n) is 1.88. The molecule has 0 amide bonds. The van der Waals surface area contributed by atoms with Gasteiger partial charge in [-0.25, -0.2) is 4.79 Å². The summed E-state index contributed by atoms with van der Waals surface area (Å²) in [7, 11) is 1.56. The second-order valence-electron chi connectivity index (χ2n) is 5.25. The summed E-state index contributed by atoms with van der Waals surface area (Å²) >= 11 is 12.4. The Balaban J connectivity index is 2.80. The van der Waals surface area contributed by atoms with E-state index in [0.29, 0.717) is 22.4 Å². The molecule has 25 heavy (non-hydrogen) atoms. The second kappa shape index (κ2) is 10.8. The largest absolute Gasteiger partial charge is 0.497 e. The molecule has 0 saturated carbocycles. The SMILES string of the molecule is CCOC(=O)/C=C(C)/C=C/C=C(C)/C=C/c1c(Cl)cc(OC)cc1Cl. The number of benzene rings is 1. The highest BCUT2D eigenvalue weighted by atomic mass is 35.5. The number of rotatable bonds is 7. The lowest BCUT2D eigenvalue weighted by Gasteiger charge is -2.05. The van der Waals surface area contributed by atoms with Gasteiger partial charge in [0.1, 0.15) is 5.75 Å². The first kappa shape index (κ1) is 21.1. The van der Waals surface area contributed by atoms with E-state index in [1.807, 2.05) is 44.2 Å². The van der Waals surface area contributed by atoms with Crippen molar-refractivity contribution in [2.75, 3.05) is 13.7 Å². The Labute approximate surface area is 159 Å². The minimum atomic E-state index is -0.339. The molecule has 0 atom stereocenters. The van der Waals surface area contributed by atoms with Gasteiger partial charge in [-0.15, -0.1) is 0 Å². The first-order chi connectivity index (χ1) is 11.9. The monoisotopic (exact) mass is 380 g/mol. The highest BCUT2D eigenvalue weighted by Gasteiger charge is 2.05. The smallest absolute Gasteiger partial charge is 0.330 e. The number of carbonyl (C=O) groups is 1. The van der Waals surface area contributed by atoms with Crippen molar-refractivity contribution in [1.29, 1.82) is 0 Å². The van der Waals surface area contributed by atoms with Gasteiger partial charge in [0, 0.05) is 11.6 Å². The zero-order chi connectivity index (χ0) is 18.8. The zero-order valence-electron chi connectivity index (χ0n) is 14.8. The summed E-state index contributed by atoms with van der Waals surface area (Å²) in [6, 6.07) is 3.44. The van der Waals surface area contributed by atoms with E-state index in [1.54, 1.807) is 26.2 Å². The number of ether oxygens (including phenoxy) is 2. The standard InChI is InChI=1S/C20H22Cl2O3/c1-5-25-20(23)11-15(3)8-6-7-14(2)9-10-17-18(21)12-16(24-4)13-19(17)22/h6-13H,5H2,1-4H3/b8-6+,10-9+,14-7+,15-11+. The number of carbonyl (C=O) groups excluding carboxylic acids is 1. The molecular weight excluding hydrogens is 359 g/mol. The predicted molar refractivity (Wildman–Crippen MR) is 105 cm³/mol. The molecule has 0 unspecified atom stereocenters. The van der Waals surface area contributed by atoms with E-state index in [0.717, 1.165) is 16.7 Å². The van der Waals surface area contributed by atoms with E-state index in [-0.39, 0.29) is 5.97 Å². The topological polar surface area (TPSA) is 35.5 Å². The number of allylic oxidation sites excluding steroid dienone is 6. The Hall–Kier alpha value is -1.97. The van der Waals surface area contributed by atoms with Crippen LogP contribution in [0, 0.1) is 0 Å². The van der Waals surface area contributed by atoms with E-state index in [1.165, 1.54) is 6.08 Å². The molecule has 0 aromatic heterocycles. The van der Waals surface area contributed by atoms with Crippen molar-refractivity contribution < 1.29 is 14.3 Å². The van der Waals surface area contributed by atoms with Crippen molar-refractivity contribution in [3.05, 3.63) is 69.3 Å². The third kappa shape index (κ3) is 7.63. The summed E-state index contributed by atoms with van der Waals surface area (Å²) in [6.07, 6.45) is 10.8. The fraction of sp³-hybridized carbons (Fsp3) is 0.250. The van der Waals surface area contributed by atoms with Crippen molar-refractivity contribution in [2.45, 2.75) is 20.8 Å². The van der Waals surface area contributed by atoms with Gasteiger partial charge in [-0.1, -0.05) is 59.2 Å². The molecular formula is C20H22Cl2O3. The summed E-state index contributed by atoms with van der Waals surface area (Å²) in [6.45, 7) is 5.93. The van der Waals surface area contributed by atoms with Crippen LogP contribution in [0.15, 0.2) is 53.7 Å². The van der Waals surface area contributed by atoms with Crippen molar-refractivity contribution >= 4 is 35.2 Å². The molecule has 1 aromatic rings. The molecule has 1 rings (SSSR count). The van der Waals surface area contributed by atoms with E-state index in [9.17, 15) is 4.79 Å². The molecule has 0 radical (unpaired) electrons. The van der Waals surface area contributed by atoms with Crippen LogP contribution in [0.2, 0.25) is 10.0 Å². The molecule has 1 aromatic carbocycles. The maximum Gasteiger partial charge on any atom is 0.330 e. The third-order valence-electron chi connectivity index (χ3n) is 3.15. The second-order valence-corrected chi connectivity index (χ2v) is 6.06. The van der Waals surface area contributed by atoms with E-state index in [4.69, 9.17) is 32.7 Å². The maximum absolute atomic E-state index is 11.3. The van der Waals surface area contributed by atoms with Gasteiger partial charge < -0.3 is 9.47 Å². The van der Waals surface area contributed by atoms with Crippen molar-refractivity contribution in [1.82, 2.24) is 0 Å². The van der Waals surface area contributed by atoms with Crippen LogP contribution >= 0.6 is 23.2 Å². The molecule has 0 saturated heterocycles. The first-order valence-corrected chi connectivity index (χ1v) is 8.54.